The minimum absolute atomic E-state index is 0.0490. The van der Waals surface area contributed by atoms with Gasteiger partial charge in [0, 0.05) is 6.07 Å². The molecule has 0 radical (unpaired) electrons. The summed E-state index contributed by atoms with van der Waals surface area (Å²) >= 11 is 0. The first-order valence-corrected chi connectivity index (χ1v) is 5.24. The molecule has 0 unspecified atom stereocenters. The molecule has 90 valence electrons. The van der Waals surface area contributed by atoms with Gasteiger partial charge in [0.15, 0.2) is 12.4 Å². The second-order valence-corrected chi connectivity index (χ2v) is 3.62. The maximum atomic E-state index is 12.0. The number of carbonyl (C=O) groups is 1. The Morgan fingerprint density at radius 1 is 1.28 bits per heavy atom. The number of para-hydroxylation sites is 1. The van der Waals surface area contributed by atoms with Gasteiger partial charge >= 0.3 is 0 Å². The van der Waals surface area contributed by atoms with Crippen molar-refractivity contribution in [1.29, 1.82) is 0 Å². The number of nitrogens with zero attached hydrogens (tertiary/aromatic N) is 3. The van der Waals surface area contributed by atoms with Crippen molar-refractivity contribution in [3.8, 4) is 0 Å². The van der Waals surface area contributed by atoms with Crippen molar-refractivity contribution in [3.05, 3.63) is 64.7 Å². The van der Waals surface area contributed by atoms with Crippen molar-refractivity contribution in [3.63, 3.8) is 0 Å². The van der Waals surface area contributed by atoms with Crippen LogP contribution in [0.2, 0.25) is 0 Å². The second kappa shape index (κ2) is 5.13. The molecule has 6 nitrogen and oxygen atoms in total. The molecule has 0 amide bonds. The number of carbonyl (C=O) groups excluding carboxylic acids is 1. The smallest absolute Gasteiger partial charge is 0.280 e. The normalized spacial score (nSPS) is 10.0. The first-order chi connectivity index (χ1) is 8.68. The van der Waals surface area contributed by atoms with Crippen LogP contribution in [0, 0.1) is 10.1 Å². The van der Waals surface area contributed by atoms with Crippen molar-refractivity contribution >= 4 is 11.5 Å². The van der Waals surface area contributed by atoms with Gasteiger partial charge in [-0.3, -0.25) is 19.9 Å². The summed E-state index contributed by atoms with van der Waals surface area (Å²) in [4.78, 5) is 26.1. The maximum Gasteiger partial charge on any atom is 0.280 e. The summed E-state index contributed by atoms with van der Waals surface area (Å²) in [5.41, 5.74) is -0.0519. The molecule has 0 saturated carbocycles. The maximum absolute atomic E-state index is 12.0. The Morgan fingerprint density at radius 2 is 1.94 bits per heavy atom. The molecule has 0 spiro atoms. The van der Waals surface area contributed by atoms with Crippen LogP contribution in [0.5, 0.6) is 0 Å². The molecule has 0 fully saturated rings. The quantitative estimate of drug-likeness (QED) is 0.350. The van der Waals surface area contributed by atoms with Crippen molar-refractivity contribution in [2.45, 2.75) is 6.54 Å². The number of hydrogen-bond donors (Lipinski definition) is 0. The van der Waals surface area contributed by atoms with Gasteiger partial charge < -0.3 is 0 Å². The zero-order valence-electron chi connectivity index (χ0n) is 9.39. The summed E-state index contributed by atoms with van der Waals surface area (Å²) in [6, 6.07) is 5.93. The third kappa shape index (κ3) is 2.54. The molecular weight excluding hydrogens is 234 g/mol. The molecule has 18 heavy (non-hydrogen) atoms. The Kier molecular flexibility index (Phi) is 3.38. The van der Waals surface area contributed by atoms with E-state index < -0.39 is 4.92 Å². The van der Waals surface area contributed by atoms with E-state index in [4.69, 9.17) is 0 Å². The van der Waals surface area contributed by atoms with Crippen molar-refractivity contribution in [2.24, 2.45) is 0 Å². The highest BCUT2D eigenvalue weighted by Gasteiger charge is 2.21. The van der Waals surface area contributed by atoms with Gasteiger partial charge in [-0.05, 0) is 6.07 Å². The lowest BCUT2D eigenvalue weighted by atomic mass is 10.1. The van der Waals surface area contributed by atoms with Crippen LogP contribution in [0.1, 0.15) is 10.4 Å². The number of rotatable bonds is 4. The fraction of sp³-hybridized carbons (Fsp3) is 0.0833. The molecule has 0 N–H and O–H groups in total. The van der Waals surface area contributed by atoms with Crippen LogP contribution in [-0.4, -0.2) is 15.7 Å². The summed E-state index contributed by atoms with van der Waals surface area (Å²) in [7, 11) is 0. The standard InChI is InChI=1S/C12H10N3O3/c16-12(9-14-7-5-13-6-8-14)10-3-1-2-4-11(10)15(17)18/h1-8H,9H2/q+1. The Morgan fingerprint density at radius 3 is 2.61 bits per heavy atom. The van der Waals surface area contributed by atoms with Gasteiger partial charge in [0.25, 0.3) is 5.69 Å². The summed E-state index contributed by atoms with van der Waals surface area (Å²) in [5.74, 6) is -0.307. The summed E-state index contributed by atoms with van der Waals surface area (Å²) in [5, 5.41) is 10.8. The molecular formula is C12H10N3O3+. The number of hydrogen-bond acceptors (Lipinski definition) is 4. The highest BCUT2D eigenvalue weighted by atomic mass is 16.6. The molecule has 1 aromatic heterocycles. The van der Waals surface area contributed by atoms with E-state index in [0.29, 0.717) is 0 Å². The number of nitro benzene ring substituents is 1. The highest BCUT2D eigenvalue weighted by molar-refractivity contribution is 5.98. The topological polar surface area (TPSA) is 77.0 Å². The lowest BCUT2D eigenvalue weighted by molar-refractivity contribution is -0.683. The van der Waals surface area contributed by atoms with Gasteiger partial charge in [0.1, 0.15) is 5.56 Å². The third-order valence-corrected chi connectivity index (χ3v) is 2.42. The number of benzene rings is 1. The summed E-state index contributed by atoms with van der Waals surface area (Å²) in [6.07, 6.45) is 6.36. The van der Waals surface area contributed by atoms with E-state index in [1.807, 2.05) is 0 Å². The molecule has 2 aromatic rings. The van der Waals surface area contributed by atoms with Gasteiger partial charge in [-0.1, -0.05) is 12.1 Å². The van der Waals surface area contributed by atoms with Gasteiger partial charge in [0.2, 0.25) is 12.3 Å². The lowest BCUT2D eigenvalue weighted by Gasteiger charge is -1.99. The Bertz CT molecular complexity index is 584. The van der Waals surface area contributed by atoms with E-state index in [-0.39, 0.29) is 23.6 Å². The van der Waals surface area contributed by atoms with E-state index in [9.17, 15) is 14.9 Å². The molecule has 0 atom stereocenters. The van der Waals surface area contributed by atoms with E-state index >= 15 is 0 Å². The molecule has 6 heteroatoms. The van der Waals surface area contributed by atoms with Crippen molar-refractivity contribution < 1.29 is 14.3 Å². The Balaban J connectivity index is 2.27. The monoisotopic (exact) mass is 244 g/mol. The Labute approximate surface area is 103 Å². The molecule has 1 heterocycles. The molecule has 1 aromatic carbocycles. The first-order valence-electron chi connectivity index (χ1n) is 5.24. The van der Waals surface area contributed by atoms with Gasteiger partial charge in [-0.15, -0.1) is 0 Å². The minimum Gasteiger partial charge on any atom is -0.287 e. The Hall–Kier alpha value is -2.63. The average Bonchev–Trinajstić information content (AvgIpc) is 2.40. The van der Waals surface area contributed by atoms with Crippen LogP contribution in [0.15, 0.2) is 49.1 Å². The predicted molar refractivity (Wildman–Crippen MR) is 61.9 cm³/mol. The SMILES string of the molecule is O=C(C[n+]1ccncc1)c1ccccc1[N+](=O)[O-]. The predicted octanol–water partition coefficient (Wildman–Crippen LogP) is 1.16. The van der Waals surface area contributed by atoms with Crippen molar-refractivity contribution in [1.82, 2.24) is 4.98 Å². The number of nitro groups is 1. The summed E-state index contributed by atoms with van der Waals surface area (Å²) in [6.45, 7) is 0.0490. The zero-order chi connectivity index (χ0) is 13.0. The number of Topliss-reactive ketones (excluding diaryl/α,β-unsaturated/α-hetero) is 1. The van der Waals surface area contributed by atoms with Crippen LogP contribution in [0.25, 0.3) is 0 Å². The zero-order valence-corrected chi connectivity index (χ0v) is 9.39. The van der Waals surface area contributed by atoms with Crippen molar-refractivity contribution in [2.75, 3.05) is 0 Å². The fourth-order valence-corrected chi connectivity index (χ4v) is 1.57. The van der Waals surface area contributed by atoms with Gasteiger partial charge in [-0.25, -0.2) is 0 Å². The van der Waals surface area contributed by atoms with Crippen LogP contribution >= 0.6 is 0 Å². The van der Waals surface area contributed by atoms with Crippen LogP contribution < -0.4 is 4.57 Å². The molecule has 0 saturated heterocycles. The highest BCUT2D eigenvalue weighted by Crippen LogP contribution is 2.17. The first kappa shape index (κ1) is 11.8. The molecule has 0 aliphatic heterocycles. The largest absolute Gasteiger partial charge is 0.287 e. The van der Waals surface area contributed by atoms with Gasteiger partial charge in [0.05, 0.1) is 17.3 Å². The van der Waals surface area contributed by atoms with Crippen LogP contribution in [-0.2, 0) is 6.54 Å². The van der Waals surface area contributed by atoms with Crippen LogP contribution in [0.3, 0.4) is 0 Å². The minimum atomic E-state index is -0.551. The molecule has 0 bridgehead atoms. The van der Waals surface area contributed by atoms with E-state index in [1.165, 1.54) is 18.2 Å². The summed E-state index contributed by atoms with van der Waals surface area (Å²) < 4.78 is 1.62. The lowest BCUT2D eigenvalue weighted by Crippen LogP contribution is -2.37. The average molecular weight is 244 g/mol. The molecule has 0 aliphatic carbocycles. The third-order valence-electron chi connectivity index (χ3n) is 2.42. The number of ketones is 1. The van der Waals surface area contributed by atoms with Gasteiger partial charge in [-0.2, -0.15) is 4.57 Å². The van der Waals surface area contributed by atoms with E-state index in [0.717, 1.165) is 0 Å². The number of aromatic nitrogens is 2. The fourth-order valence-electron chi connectivity index (χ4n) is 1.57. The van der Waals surface area contributed by atoms with E-state index in [2.05, 4.69) is 4.98 Å². The second-order valence-electron chi connectivity index (χ2n) is 3.62. The van der Waals surface area contributed by atoms with Crippen LogP contribution in [0.4, 0.5) is 5.69 Å². The molecule has 2 rings (SSSR count). The van der Waals surface area contributed by atoms with E-state index in [1.54, 1.807) is 35.4 Å². The molecule has 0 aliphatic rings.